The van der Waals surface area contributed by atoms with Gasteiger partial charge < -0.3 is 4.74 Å². The fourth-order valence-corrected chi connectivity index (χ4v) is 4.02. The number of hydrogen-bond acceptors (Lipinski definition) is 6. The molecule has 10 heteroatoms. The van der Waals surface area contributed by atoms with E-state index in [1.807, 2.05) is 0 Å². The summed E-state index contributed by atoms with van der Waals surface area (Å²) in [5.74, 6) is -2.62. The number of halogens is 2. The van der Waals surface area contributed by atoms with E-state index in [1.165, 1.54) is 18.2 Å². The minimum Gasteiger partial charge on any atom is -0.459 e. The minimum atomic E-state index is -3.45. The number of esters is 1. The fraction of sp³-hybridized carbons (Fsp3) is 0.250. The van der Waals surface area contributed by atoms with Crippen LogP contribution in [0.1, 0.15) is 32.7 Å². The van der Waals surface area contributed by atoms with Crippen LogP contribution in [0.15, 0.2) is 42.5 Å². The summed E-state index contributed by atoms with van der Waals surface area (Å²) in [5.41, 5.74) is 0.857. The zero-order chi connectivity index (χ0) is 22.1. The molecule has 0 N–H and O–H groups in total. The Hall–Kier alpha value is -2.42. The van der Waals surface area contributed by atoms with Crippen LogP contribution in [0.2, 0.25) is 10.0 Å². The number of ether oxygens (including phenoxy) is 1. The molecule has 0 aliphatic carbocycles. The van der Waals surface area contributed by atoms with Gasteiger partial charge in [-0.2, -0.15) is 0 Å². The third-order valence-electron chi connectivity index (χ3n) is 4.54. The van der Waals surface area contributed by atoms with Gasteiger partial charge in [-0.3, -0.25) is 14.5 Å². The van der Waals surface area contributed by atoms with Gasteiger partial charge in [-0.05, 0) is 36.2 Å². The summed E-state index contributed by atoms with van der Waals surface area (Å²) in [4.78, 5) is 39.1. The SMILES string of the molecule is CS(=O)(=O)CC[C@H](C(=O)OCc1ccc(Cl)c(Cl)c1)N1C(=O)c2ccccc2C1=O. The number of carbonyl (C=O) groups is 3. The van der Waals surface area contributed by atoms with Crippen LogP contribution in [-0.4, -0.2) is 49.2 Å². The maximum Gasteiger partial charge on any atom is 0.329 e. The van der Waals surface area contributed by atoms with E-state index in [1.54, 1.807) is 24.3 Å². The molecule has 1 aliphatic rings. The molecule has 1 heterocycles. The number of fused-ring (bicyclic) bond motifs is 1. The molecule has 0 spiro atoms. The van der Waals surface area contributed by atoms with Crippen molar-refractivity contribution >= 4 is 50.8 Å². The van der Waals surface area contributed by atoms with E-state index in [2.05, 4.69) is 0 Å². The number of rotatable bonds is 7. The molecule has 30 heavy (non-hydrogen) atoms. The van der Waals surface area contributed by atoms with Gasteiger partial charge >= 0.3 is 5.97 Å². The summed E-state index contributed by atoms with van der Waals surface area (Å²) in [5, 5.41) is 0.614. The number of nitrogens with zero attached hydrogens (tertiary/aromatic N) is 1. The van der Waals surface area contributed by atoms with Crippen molar-refractivity contribution in [2.24, 2.45) is 0 Å². The standard InChI is InChI=1S/C20H17Cl2NO6S/c1-30(27,28)9-8-17(20(26)29-11-12-6-7-15(21)16(22)10-12)23-18(24)13-4-2-3-5-14(13)19(23)25/h2-7,10,17H,8-9,11H2,1H3/t17-/m1/s1. The summed E-state index contributed by atoms with van der Waals surface area (Å²) in [6.45, 7) is -0.186. The quantitative estimate of drug-likeness (QED) is 0.456. The van der Waals surface area contributed by atoms with Crippen LogP contribution in [0.4, 0.5) is 0 Å². The first-order valence-electron chi connectivity index (χ1n) is 8.83. The number of hydrogen-bond donors (Lipinski definition) is 0. The maximum atomic E-state index is 12.8. The lowest BCUT2D eigenvalue weighted by Crippen LogP contribution is -2.46. The Bertz CT molecular complexity index is 1100. The minimum absolute atomic E-state index is 0.157. The average Bonchev–Trinajstić information content (AvgIpc) is 2.94. The summed E-state index contributed by atoms with van der Waals surface area (Å²) in [6.07, 6.45) is 0.734. The number of amides is 2. The molecule has 0 unspecified atom stereocenters. The van der Waals surface area contributed by atoms with Crippen molar-refractivity contribution in [3.8, 4) is 0 Å². The molecule has 0 aromatic heterocycles. The lowest BCUT2D eigenvalue weighted by molar-refractivity contribution is -0.149. The van der Waals surface area contributed by atoms with E-state index in [0.717, 1.165) is 11.2 Å². The number of sulfone groups is 1. The Morgan fingerprint density at radius 1 is 1.03 bits per heavy atom. The number of benzene rings is 2. The maximum absolute atomic E-state index is 12.8. The van der Waals surface area contributed by atoms with Gasteiger partial charge in [-0.15, -0.1) is 0 Å². The van der Waals surface area contributed by atoms with Gasteiger partial charge in [-0.25, -0.2) is 13.2 Å². The van der Waals surface area contributed by atoms with Gasteiger partial charge in [0.1, 0.15) is 22.5 Å². The predicted molar refractivity (Wildman–Crippen MR) is 111 cm³/mol. The molecular formula is C20H17Cl2NO6S. The Kier molecular flexibility index (Phi) is 6.50. The second-order valence-corrected chi connectivity index (χ2v) is 9.89. The highest BCUT2D eigenvalue weighted by molar-refractivity contribution is 7.90. The van der Waals surface area contributed by atoms with Gasteiger partial charge in [0, 0.05) is 6.26 Å². The van der Waals surface area contributed by atoms with Crippen molar-refractivity contribution < 1.29 is 27.5 Å². The second-order valence-electron chi connectivity index (χ2n) is 6.82. The average molecular weight is 470 g/mol. The summed E-state index contributed by atoms with van der Waals surface area (Å²) >= 11 is 11.8. The van der Waals surface area contributed by atoms with E-state index in [0.29, 0.717) is 10.6 Å². The van der Waals surface area contributed by atoms with Gasteiger partial charge in [0.25, 0.3) is 11.8 Å². The second kappa shape index (κ2) is 8.75. The largest absolute Gasteiger partial charge is 0.459 e. The molecule has 7 nitrogen and oxygen atoms in total. The highest BCUT2D eigenvalue weighted by Gasteiger charge is 2.43. The van der Waals surface area contributed by atoms with Crippen LogP contribution in [0.5, 0.6) is 0 Å². The van der Waals surface area contributed by atoms with Crippen molar-refractivity contribution in [1.29, 1.82) is 0 Å². The Balaban J connectivity index is 1.83. The van der Waals surface area contributed by atoms with Crippen LogP contribution in [0, 0.1) is 0 Å². The first-order valence-corrected chi connectivity index (χ1v) is 11.7. The summed E-state index contributed by atoms with van der Waals surface area (Å²) in [6, 6.07) is 9.44. The van der Waals surface area contributed by atoms with Gasteiger partial charge in [0.15, 0.2) is 0 Å². The molecule has 1 atom stereocenters. The predicted octanol–water partition coefficient (Wildman–Crippen LogP) is 3.14. The molecule has 0 saturated heterocycles. The van der Waals surface area contributed by atoms with Crippen molar-refractivity contribution in [2.45, 2.75) is 19.1 Å². The Labute approximate surface area is 183 Å². The van der Waals surface area contributed by atoms with E-state index >= 15 is 0 Å². The zero-order valence-corrected chi connectivity index (χ0v) is 18.1. The monoisotopic (exact) mass is 469 g/mol. The van der Waals surface area contributed by atoms with Crippen molar-refractivity contribution in [3.05, 3.63) is 69.2 Å². The Morgan fingerprint density at radius 2 is 1.63 bits per heavy atom. The van der Waals surface area contributed by atoms with E-state index in [4.69, 9.17) is 27.9 Å². The molecule has 0 bridgehead atoms. The van der Waals surface area contributed by atoms with Crippen molar-refractivity contribution in [1.82, 2.24) is 4.90 Å². The van der Waals surface area contributed by atoms with Crippen LogP contribution in [0.25, 0.3) is 0 Å². The Morgan fingerprint density at radius 3 is 2.17 bits per heavy atom. The van der Waals surface area contributed by atoms with Gasteiger partial charge in [-0.1, -0.05) is 41.4 Å². The molecule has 3 rings (SSSR count). The number of carbonyl (C=O) groups excluding carboxylic acids is 3. The molecule has 0 fully saturated rings. The van der Waals surface area contributed by atoms with Crippen LogP contribution >= 0.6 is 23.2 Å². The van der Waals surface area contributed by atoms with Crippen molar-refractivity contribution in [2.75, 3.05) is 12.0 Å². The lowest BCUT2D eigenvalue weighted by atomic mass is 10.1. The van der Waals surface area contributed by atoms with Gasteiger partial charge in [0.05, 0.1) is 26.9 Å². The molecule has 1 aliphatic heterocycles. The fourth-order valence-electron chi connectivity index (χ4n) is 3.05. The molecule has 2 aromatic carbocycles. The van der Waals surface area contributed by atoms with E-state index in [-0.39, 0.29) is 29.2 Å². The topological polar surface area (TPSA) is 97.8 Å². The zero-order valence-electron chi connectivity index (χ0n) is 15.8. The third-order valence-corrected chi connectivity index (χ3v) is 6.25. The first kappa shape index (κ1) is 22.3. The smallest absolute Gasteiger partial charge is 0.329 e. The molecule has 158 valence electrons. The van der Waals surface area contributed by atoms with E-state index < -0.39 is 39.4 Å². The van der Waals surface area contributed by atoms with Crippen LogP contribution in [-0.2, 0) is 26.0 Å². The van der Waals surface area contributed by atoms with E-state index in [9.17, 15) is 22.8 Å². The molecule has 2 aromatic rings. The third kappa shape index (κ3) is 4.83. The number of imide groups is 1. The molecular weight excluding hydrogens is 453 g/mol. The highest BCUT2D eigenvalue weighted by atomic mass is 35.5. The molecule has 0 saturated carbocycles. The first-order chi connectivity index (χ1) is 14.1. The molecule has 0 radical (unpaired) electrons. The normalized spacial score (nSPS) is 14.6. The van der Waals surface area contributed by atoms with Crippen molar-refractivity contribution in [3.63, 3.8) is 0 Å². The highest BCUT2D eigenvalue weighted by Crippen LogP contribution is 2.27. The summed E-state index contributed by atoms with van der Waals surface area (Å²) < 4.78 is 28.5. The lowest BCUT2D eigenvalue weighted by Gasteiger charge is -2.24. The molecule has 2 amide bonds. The van der Waals surface area contributed by atoms with Gasteiger partial charge in [0.2, 0.25) is 0 Å². The van der Waals surface area contributed by atoms with Crippen LogP contribution in [0.3, 0.4) is 0 Å². The van der Waals surface area contributed by atoms with Crippen LogP contribution < -0.4 is 0 Å². The summed E-state index contributed by atoms with van der Waals surface area (Å²) in [7, 11) is -3.45.